The zero-order chi connectivity index (χ0) is 13.5. The molecule has 0 aliphatic rings. The largest absolute Gasteiger partial charge is 0.346 e. The average Bonchev–Trinajstić information content (AvgIpc) is 2.28. The van der Waals surface area contributed by atoms with Crippen molar-refractivity contribution in [2.75, 3.05) is 0 Å². The highest BCUT2D eigenvalue weighted by atomic mass is 35.7. The highest BCUT2D eigenvalue weighted by Crippen LogP contribution is 2.18. The van der Waals surface area contributed by atoms with Gasteiger partial charge in [0, 0.05) is 28.8 Å². The normalized spacial score (nSPS) is 11.9. The molecule has 1 aromatic carbocycles. The molecular formula is C11H9ClFNO3S. The Morgan fingerprint density at radius 2 is 2.06 bits per heavy atom. The molecule has 2 aromatic rings. The zero-order valence-electron chi connectivity index (χ0n) is 9.35. The number of benzene rings is 1. The number of hydrogen-bond acceptors (Lipinski definition) is 3. The Balaban J connectivity index is 3.03. The van der Waals surface area contributed by atoms with E-state index in [1.54, 1.807) is 6.92 Å². The van der Waals surface area contributed by atoms with Crippen molar-refractivity contribution in [3.8, 4) is 0 Å². The van der Waals surface area contributed by atoms with Crippen LogP contribution >= 0.6 is 10.7 Å². The highest BCUT2D eigenvalue weighted by Gasteiger charge is 2.18. The molecule has 0 aliphatic heterocycles. The fourth-order valence-corrected chi connectivity index (χ4v) is 2.69. The predicted octanol–water partition coefficient (Wildman–Crippen LogP) is 2.09. The van der Waals surface area contributed by atoms with Gasteiger partial charge in [-0.25, -0.2) is 12.8 Å². The van der Waals surface area contributed by atoms with Crippen LogP contribution in [0.25, 0.3) is 10.9 Å². The average molecular weight is 290 g/mol. The Labute approximate surface area is 107 Å². The van der Waals surface area contributed by atoms with E-state index in [0.717, 1.165) is 6.07 Å². The summed E-state index contributed by atoms with van der Waals surface area (Å²) in [5.74, 6) is -0.605. The quantitative estimate of drug-likeness (QED) is 0.796. The number of nitrogens with zero attached hydrogens (tertiary/aromatic N) is 1. The molecule has 1 heterocycles. The van der Waals surface area contributed by atoms with E-state index in [2.05, 4.69) is 0 Å². The van der Waals surface area contributed by atoms with E-state index >= 15 is 0 Å². The van der Waals surface area contributed by atoms with Gasteiger partial charge in [-0.05, 0) is 25.1 Å². The molecule has 4 nitrogen and oxygen atoms in total. The van der Waals surface area contributed by atoms with E-state index in [0.29, 0.717) is 12.1 Å². The Kier molecular flexibility index (Phi) is 3.16. The topological polar surface area (TPSA) is 56.1 Å². The van der Waals surface area contributed by atoms with Crippen molar-refractivity contribution < 1.29 is 12.8 Å². The summed E-state index contributed by atoms with van der Waals surface area (Å²) in [5, 5.41) is -0.00132. The molecule has 0 aliphatic carbocycles. The molecule has 0 saturated heterocycles. The second kappa shape index (κ2) is 4.37. The van der Waals surface area contributed by atoms with E-state index in [4.69, 9.17) is 10.7 Å². The summed E-state index contributed by atoms with van der Waals surface area (Å²) >= 11 is 0. The van der Waals surface area contributed by atoms with Gasteiger partial charge in [-0.2, -0.15) is 0 Å². The first-order valence-electron chi connectivity index (χ1n) is 5.12. The van der Waals surface area contributed by atoms with Gasteiger partial charge in [0.25, 0.3) is 9.05 Å². The first-order chi connectivity index (χ1) is 8.34. The third kappa shape index (κ3) is 2.13. The molecule has 0 N–H and O–H groups in total. The minimum absolute atomic E-state index is 0.00132. The van der Waals surface area contributed by atoms with Gasteiger partial charge in [0.2, 0.25) is 5.43 Å². The van der Waals surface area contributed by atoms with Crippen LogP contribution in [0.3, 0.4) is 0 Å². The monoisotopic (exact) mass is 289 g/mol. The molecule has 0 unspecified atom stereocenters. The van der Waals surface area contributed by atoms with Crippen molar-refractivity contribution in [3.05, 3.63) is 40.4 Å². The molecule has 18 heavy (non-hydrogen) atoms. The van der Waals surface area contributed by atoms with Crippen LogP contribution in [0.2, 0.25) is 0 Å². The molecule has 0 radical (unpaired) electrons. The maximum absolute atomic E-state index is 13.1. The number of halogens is 2. The zero-order valence-corrected chi connectivity index (χ0v) is 10.9. The number of aryl methyl sites for hydroxylation is 1. The second-order valence-corrected chi connectivity index (χ2v) is 6.24. The van der Waals surface area contributed by atoms with E-state index in [9.17, 15) is 17.6 Å². The van der Waals surface area contributed by atoms with Crippen LogP contribution < -0.4 is 5.43 Å². The standard InChI is InChI=1S/C11H9ClFNO3S/c1-2-14-6-10(18(12,16)17)11(15)8-5-7(13)3-4-9(8)14/h3-6H,2H2,1H3. The van der Waals surface area contributed by atoms with Crippen LogP contribution in [0.15, 0.2) is 34.1 Å². The summed E-state index contributed by atoms with van der Waals surface area (Å²) < 4.78 is 37.3. The van der Waals surface area contributed by atoms with Crippen molar-refractivity contribution >= 4 is 30.6 Å². The minimum atomic E-state index is -4.15. The Morgan fingerprint density at radius 3 is 2.61 bits per heavy atom. The number of rotatable bonds is 2. The van der Waals surface area contributed by atoms with Crippen LogP contribution in [0, 0.1) is 5.82 Å². The molecule has 0 atom stereocenters. The van der Waals surface area contributed by atoms with Crippen molar-refractivity contribution in [3.63, 3.8) is 0 Å². The van der Waals surface area contributed by atoms with Gasteiger partial charge in [-0.3, -0.25) is 4.79 Å². The molecule has 0 bridgehead atoms. The Hall–Kier alpha value is -1.40. The lowest BCUT2D eigenvalue weighted by atomic mass is 10.2. The van der Waals surface area contributed by atoms with Crippen LogP contribution in [0.1, 0.15) is 6.92 Å². The molecule has 1 aromatic heterocycles. The first-order valence-corrected chi connectivity index (χ1v) is 7.43. The lowest BCUT2D eigenvalue weighted by Crippen LogP contribution is -2.16. The molecule has 0 saturated carbocycles. The molecule has 0 spiro atoms. The SMILES string of the molecule is CCn1cc(S(=O)(=O)Cl)c(=O)c2cc(F)ccc21. The number of hydrogen-bond donors (Lipinski definition) is 0. The molecule has 0 amide bonds. The summed E-state index contributed by atoms with van der Waals surface area (Å²) in [6.07, 6.45) is 1.17. The third-order valence-corrected chi connectivity index (χ3v) is 3.93. The molecule has 7 heteroatoms. The van der Waals surface area contributed by atoms with Gasteiger partial charge in [0.1, 0.15) is 10.7 Å². The maximum Gasteiger partial charge on any atom is 0.266 e. The molecular weight excluding hydrogens is 281 g/mol. The maximum atomic E-state index is 13.1. The Morgan fingerprint density at radius 1 is 1.39 bits per heavy atom. The number of fused-ring (bicyclic) bond motifs is 1. The lowest BCUT2D eigenvalue weighted by molar-refractivity contribution is 0.607. The van der Waals surface area contributed by atoms with E-state index in [1.165, 1.54) is 22.9 Å². The number of pyridine rings is 1. The van der Waals surface area contributed by atoms with Crippen molar-refractivity contribution in [2.45, 2.75) is 18.4 Å². The van der Waals surface area contributed by atoms with Gasteiger partial charge in [0.15, 0.2) is 0 Å². The van der Waals surface area contributed by atoms with Crippen molar-refractivity contribution in [1.82, 2.24) is 4.57 Å². The minimum Gasteiger partial charge on any atom is -0.346 e. The van der Waals surface area contributed by atoms with Gasteiger partial charge in [0.05, 0.1) is 5.52 Å². The van der Waals surface area contributed by atoms with Gasteiger partial charge < -0.3 is 4.57 Å². The molecule has 2 rings (SSSR count). The van der Waals surface area contributed by atoms with Crippen LogP contribution in [0.4, 0.5) is 4.39 Å². The van der Waals surface area contributed by atoms with Crippen molar-refractivity contribution in [1.29, 1.82) is 0 Å². The fourth-order valence-electron chi connectivity index (χ4n) is 1.78. The molecule has 0 fully saturated rings. The van der Waals surface area contributed by atoms with Crippen molar-refractivity contribution in [2.24, 2.45) is 0 Å². The van der Waals surface area contributed by atoms with Crippen LogP contribution in [0.5, 0.6) is 0 Å². The van der Waals surface area contributed by atoms with Crippen LogP contribution in [-0.2, 0) is 15.6 Å². The third-order valence-electron chi connectivity index (χ3n) is 2.61. The number of aromatic nitrogens is 1. The smallest absolute Gasteiger partial charge is 0.266 e. The lowest BCUT2D eigenvalue weighted by Gasteiger charge is -2.10. The van der Waals surface area contributed by atoms with Crippen LogP contribution in [-0.4, -0.2) is 13.0 Å². The summed E-state index contributed by atoms with van der Waals surface area (Å²) in [6, 6.07) is 3.65. The fraction of sp³-hybridized carbons (Fsp3) is 0.182. The highest BCUT2D eigenvalue weighted by molar-refractivity contribution is 8.13. The van der Waals surface area contributed by atoms with E-state index in [-0.39, 0.29) is 5.39 Å². The second-order valence-electron chi connectivity index (χ2n) is 3.71. The van der Waals surface area contributed by atoms with Gasteiger partial charge >= 0.3 is 0 Å². The molecule has 96 valence electrons. The first kappa shape index (κ1) is 13.0. The van der Waals surface area contributed by atoms with E-state index in [1.807, 2.05) is 0 Å². The summed E-state index contributed by atoms with van der Waals surface area (Å²) in [7, 11) is 1.04. The summed E-state index contributed by atoms with van der Waals surface area (Å²) in [5.41, 5.74) is -0.322. The summed E-state index contributed by atoms with van der Waals surface area (Å²) in [6.45, 7) is 2.21. The van der Waals surface area contributed by atoms with Gasteiger partial charge in [-0.15, -0.1) is 0 Å². The Bertz CT molecular complexity index is 783. The van der Waals surface area contributed by atoms with E-state index < -0.39 is 25.2 Å². The predicted molar refractivity (Wildman–Crippen MR) is 66.9 cm³/mol. The van der Waals surface area contributed by atoms with Gasteiger partial charge in [-0.1, -0.05) is 0 Å². The summed E-state index contributed by atoms with van der Waals surface area (Å²) in [4.78, 5) is 11.4.